The topological polar surface area (TPSA) is 88.7 Å². The van der Waals surface area contributed by atoms with Gasteiger partial charge in [-0.25, -0.2) is 4.90 Å². The van der Waals surface area contributed by atoms with Crippen LogP contribution in [0.3, 0.4) is 0 Å². The standard InChI is InChI=1S/C35H29F3N2O5S2/c1-16-6-5-7-17(12-16)15-45-23-11-10-18(13-24(23)44-2)25-26-19-14-20(29(26)46-31-30(25)47-34(43)39-31)28-27(19)32(41)40(33(28)42)22-9-4-3-8-21(22)35(36,37)38/h3-13,19-20,25-29H,14-15H2,1-2H3,(H,39,43)/t19?,20?,25-,26?,27?,28?,29?/m1/s1. The van der Waals surface area contributed by atoms with Crippen LogP contribution < -0.4 is 19.2 Å². The van der Waals surface area contributed by atoms with Crippen molar-refractivity contribution in [2.24, 2.45) is 29.6 Å². The van der Waals surface area contributed by atoms with E-state index in [1.54, 1.807) is 7.11 Å². The smallest absolute Gasteiger partial charge is 0.418 e. The number of ether oxygens (including phenoxy) is 2. The third kappa shape index (κ3) is 4.74. The van der Waals surface area contributed by atoms with Crippen LogP contribution in [-0.4, -0.2) is 29.2 Å². The Morgan fingerprint density at radius 2 is 1.70 bits per heavy atom. The highest BCUT2D eigenvalue weighted by Gasteiger charge is 2.70. The van der Waals surface area contributed by atoms with Crippen molar-refractivity contribution >= 4 is 40.6 Å². The number of aryl methyl sites for hydroxylation is 1. The number of amides is 2. The number of thioether (sulfide) groups is 1. The average molecular weight is 679 g/mol. The van der Waals surface area contributed by atoms with Crippen LogP contribution >= 0.6 is 23.1 Å². The summed E-state index contributed by atoms with van der Waals surface area (Å²) in [6.07, 6.45) is -4.10. The highest BCUT2D eigenvalue weighted by molar-refractivity contribution is 8.00. The van der Waals surface area contributed by atoms with E-state index in [1.807, 2.05) is 43.3 Å². The molecule has 2 aliphatic heterocycles. The molecule has 2 saturated carbocycles. The van der Waals surface area contributed by atoms with Crippen LogP contribution in [0.4, 0.5) is 18.9 Å². The number of nitrogens with zero attached hydrogens (tertiary/aromatic N) is 1. The minimum Gasteiger partial charge on any atom is -0.493 e. The highest BCUT2D eigenvalue weighted by atomic mass is 32.2. The number of carbonyl (C=O) groups excluding carboxylic acids is 2. The molecule has 7 nitrogen and oxygen atoms in total. The van der Waals surface area contributed by atoms with Crippen LogP contribution in [0.5, 0.6) is 11.5 Å². The minimum atomic E-state index is -4.72. The van der Waals surface area contributed by atoms with Gasteiger partial charge in [0.05, 0.1) is 35.2 Å². The maximum atomic E-state index is 14.0. The van der Waals surface area contributed by atoms with E-state index in [4.69, 9.17) is 9.47 Å². The minimum absolute atomic E-state index is 0.109. The van der Waals surface area contributed by atoms with Crippen molar-refractivity contribution in [3.05, 3.63) is 104 Å². The molecule has 6 unspecified atom stereocenters. The molecule has 2 amide bonds. The van der Waals surface area contributed by atoms with Gasteiger partial charge in [-0.05, 0) is 66.5 Å². The van der Waals surface area contributed by atoms with Crippen LogP contribution in [0.1, 0.15) is 39.5 Å². The predicted molar refractivity (Wildman–Crippen MR) is 171 cm³/mol. The first-order chi connectivity index (χ1) is 22.5. The molecule has 1 aromatic heterocycles. The molecule has 4 aromatic rings. The van der Waals surface area contributed by atoms with Crippen molar-refractivity contribution in [1.29, 1.82) is 0 Å². The molecule has 2 bridgehead atoms. The van der Waals surface area contributed by atoms with Crippen LogP contribution in [0.2, 0.25) is 0 Å². The Bertz CT molecular complexity index is 1990. The number of thiazole rings is 1. The number of aromatic amines is 1. The van der Waals surface area contributed by atoms with Gasteiger partial charge in [0.25, 0.3) is 0 Å². The summed E-state index contributed by atoms with van der Waals surface area (Å²) in [5.41, 5.74) is 1.62. The molecule has 0 spiro atoms. The molecule has 242 valence electrons. The molecule has 7 atom stereocenters. The second-order valence-electron chi connectivity index (χ2n) is 12.7. The second-order valence-corrected chi connectivity index (χ2v) is 14.9. The molecular weight excluding hydrogens is 650 g/mol. The molecule has 3 heterocycles. The van der Waals surface area contributed by atoms with E-state index in [0.717, 1.165) is 48.9 Å². The number of anilines is 1. The fourth-order valence-electron chi connectivity index (χ4n) is 8.50. The number of H-pyrrole nitrogens is 1. The van der Waals surface area contributed by atoms with Crippen molar-refractivity contribution in [2.45, 2.75) is 42.3 Å². The molecule has 1 saturated heterocycles. The molecule has 8 rings (SSSR count). The van der Waals surface area contributed by atoms with Crippen molar-refractivity contribution in [3.8, 4) is 11.5 Å². The van der Waals surface area contributed by atoms with E-state index in [9.17, 15) is 27.6 Å². The van der Waals surface area contributed by atoms with Gasteiger partial charge in [-0.1, -0.05) is 59.4 Å². The largest absolute Gasteiger partial charge is 0.493 e. The van der Waals surface area contributed by atoms with Crippen molar-refractivity contribution < 1.29 is 32.2 Å². The molecule has 0 radical (unpaired) electrons. The number of rotatable bonds is 6. The highest BCUT2D eigenvalue weighted by Crippen LogP contribution is 2.69. The van der Waals surface area contributed by atoms with Crippen molar-refractivity contribution in [3.63, 3.8) is 0 Å². The number of methoxy groups -OCH3 is 1. The Hall–Kier alpha value is -4.03. The lowest BCUT2D eigenvalue weighted by Crippen LogP contribution is -2.42. The van der Waals surface area contributed by atoms with Crippen LogP contribution in [0, 0.1) is 36.5 Å². The lowest BCUT2D eigenvalue weighted by Gasteiger charge is -2.43. The fraction of sp³-hybridized carbons (Fsp3) is 0.343. The third-order valence-corrected chi connectivity index (χ3v) is 12.8. The number of imide groups is 1. The molecule has 12 heteroatoms. The van der Waals surface area contributed by atoms with Gasteiger partial charge in [-0.2, -0.15) is 13.2 Å². The molecular formula is C35H29F3N2O5S2. The quantitative estimate of drug-likeness (QED) is 0.221. The number of alkyl halides is 3. The summed E-state index contributed by atoms with van der Waals surface area (Å²) in [5.74, 6) is -2.37. The van der Waals surface area contributed by atoms with Crippen LogP contribution in [0.25, 0.3) is 0 Å². The first kappa shape index (κ1) is 30.3. The molecule has 1 N–H and O–H groups in total. The summed E-state index contributed by atoms with van der Waals surface area (Å²) >= 11 is 2.66. The summed E-state index contributed by atoms with van der Waals surface area (Å²) in [5, 5.41) is 0.631. The Morgan fingerprint density at radius 3 is 2.45 bits per heavy atom. The van der Waals surface area contributed by atoms with E-state index >= 15 is 0 Å². The monoisotopic (exact) mass is 678 g/mol. The van der Waals surface area contributed by atoms with Crippen LogP contribution in [-0.2, 0) is 22.4 Å². The number of fused-ring (bicyclic) bond motifs is 9. The number of benzene rings is 3. The molecule has 3 aromatic carbocycles. The number of nitrogens with one attached hydrogen (secondary N) is 1. The van der Waals surface area contributed by atoms with Gasteiger partial charge in [0, 0.05) is 16.0 Å². The first-order valence-corrected chi connectivity index (χ1v) is 17.0. The van der Waals surface area contributed by atoms with Gasteiger partial charge >= 0.3 is 11.0 Å². The number of para-hydroxylation sites is 1. The third-order valence-electron chi connectivity index (χ3n) is 10.2. The normalized spacial score (nSPS) is 27.5. The maximum absolute atomic E-state index is 14.0. The Balaban J connectivity index is 1.16. The van der Waals surface area contributed by atoms with Gasteiger partial charge in [0.2, 0.25) is 11.8 Å². The zero-order valence-corrected chi connectivity index (χ0v) is 26.9. The van der Waals surface area contributed by atoms with Gasteiger partial charge < -0.3 is 14.5 Å². The molecule has 47 heavy (non-hydrogen) atoms. The van der Waals surface area contributed by atoms with E-state index in [2.05, 4.69) is 11.1 Å². The zero-order valence-electron chi connectivity index (χ0n) is 25.2. The number of hydrogen-bond donors (Lipinski definition) is 1. The number of carbonyl (C=O) groups is 2. The molecule has 2 aliphatic carbocycles. The Morgan fingerprint density at radius 1 is 0.936 bits per heavy atom. The zero-order chi connectivity index (χ0) is 32.8. The molecule has 4 aliphatic rings. The summed E-state index contributed by atoms with van der Waals surface area (Å²) in [4.78, 5) is 45.0. The number of aromatic nitrogens is 1. The Kier molecular flexibility index (Phi) is 7.10. The van der Waals surface area contributed by atoms with E-state index in [1.165, 1.54) is 30.0 Å². The summed E-state index contributed by atoms with van der Waals surface area (Å²) in [6, 6.07) is 18.5. The van der Waals surface area contributed by atoms with Gasteiger partial charge in [0.15, 0.2) is 11.5 Å². The number of halogens is 3. The van der Waals surface area contributed by atoms with Gasteiger partial charge in [-0.3, -0.25) is 14.4 Å². The van der Waals surface area contributed by atoms with Crippen molar-refractivity contribution in [2.75, 3.05) is 12.0 Å². The average Bonchev–Trinajstić information content (AvgIpc) is 3.78. The lowest BCUT2D eigenvalue weighted by atomic mass is 9.68. The summed E-state index contributed by atoms with van der Waals surface area (Å²) < 4.78 is 53.9. The fourth-order valence-corrected chi connectivity index (χ4v) is 11.4. The van der Waals surface area contributed by atoms with E-state index in [-0.39, 0.29) is 33.8 Å². The number of hydrogen-bond acceptors (Lipinski definition) is 7. The summed E-state index contributed by atoms with van der Waals surface area (Å²) in [7, 11) is 1.57. The predicted octanol–water partition coefficient (Wildman–Crippen LogP) is 7.03. The SMILES string of the molecule is COc1cc([C@H]2c3sc(=O)[nH]c3SC3C4CC(C5C(=O)N(c6ccccc6C(F)(F)F)C(=O)C45)C32)ccc1OCc1cccc(C)c1. The van der Waals surface area contributed by atoms with Crippen molar-refractivity contribution in [1.82, 2.24) is 4.98 Å². The van der Waals surface area contributed by atoms with E-state index < -0.39 is 41.1 Å². The van der Waals surface area contributed by atoms with Crippen LogP contribution in [0.15, 0.2) is 76.6 Å². The van der Waals surface area contributed by atoms with E-state index in [0.29, 0.717) is 24.5 Å². The molecule has 3 fully saturated rings. The Labute approximate surface area is 276 Å². The lowest BCUT2D eigenvalue weighted by molar-refractivity contribution is -0.137. The van der Waals surface area contributed by atoms with Gasteiger partial charge in [-0.15, -0.1) is 11.8 Å². The van der Waals surface area contributed by atoms with Gasteiger partial charge in [0.1, 0.15) is 6.61 Å². The maximum Gasteiger partial charge on any atom is 0.418 e. The first-order valence-electron chi connectivity index (χ1n) is 15.3. The summed E-state index contributed by atoms with van der Waals surface area (Å²) in [6.45, 7) is 2.37. The second kappa shape index (κ2) is 11.0.